The molecule has 0 aliphatic heterocycles. The van der Waals surface area contributed by atoms with Crippen LogP contribution in [0.1, 0.15) is 5.69 Å². The molecule has 4 aromatic rings. The zero-order valence-electron chi connectivity index (χ0n) is 15.4. The van der Waals surface area contributed by atoms with Gasteiger partial charge in [0.15, 0.2) is 5.65 Å². The summed E-state index contributed by atoms with van der Waals surface area (Å²) >= 11 is 0. The molecule has 136 valence electrons. The number of nitrogens with one attached hydrogen (secondary N) is 1. The Bertz CT molecular complexity index is 1090. The number of para-hydroxylation sites is 1. The van der Waals surface area contributed by atoms with Gasteiger partial charge in [0.05, 0.1) is 26.0 Å². The van der Waals surface area contributed by atoms with E-state index in [2.05, 4.69) is 10.4 Å². The van der Waals surface area contributed by atoms with E-state index in [1.54, 1.807) is 18.7 Å². The third-order valence-corrected chi connectivity index (χ3v) is 4.36. The second kappa shape index (κ2) is 6.99. The Balaban J connectivity index is 1.80. The first kappa shape index (κ1) is 16.9. The summed E-state index contributed by atoms with van der Waals surface area (Å²) in [6, 6.07) is 17.6. The average Bonchev–Trinajstić information content (AvgIpc) is 3.12. The van der Waals surface area contributed by atoms with E-state index >= 15 is 0 Å². The molecule has 0 fully saturated rings. The SMILES string of the molecule is COc1ccc(Nc2cc(C)nc3c(-c4ccccc4OC)cnn23)cc1. The average molecular weight is 360 g/mol. The molecule has 0 saturated heterocycles. The molecule has 0 aliphatic rings. The van der Waals surface area contributed by atoms with Crippen molar-refractivity contribution in [1.82, 2.24) is 14.6 Å². The number of nitrogens with zero attached hydrogens (tertiary/aromatic N) is 3. The van der Waals surface area contributed by atoms with Gasteiger partial charge in [-0.25, -0.2) is 4.98 Å². The van der Waals surface area contributed by atoms with Crippen LogP contribution >= 0.6 is 0 Å². The second-order valence-corrected chi connectivity index (χ2v) is 6.13. The Hall–Kier alpha value is -3.54. The van der Waals surface area contributed by atoms with Crippen LogP contribution in [0.4, 0.5) is 11.5 Å². The van der Waals surface area contributed by atoms with Crippen molar-refractivity contribution < 1.29 is 9.47 Å². The minimum absolute atomic E-state index is 0.774. The van der Waals surface area contributed by atoms with Gasteiger partial charge in [0.25, 0.3) is 0 Å². The van der Waals surface area contributed by atoms with Gasteiger partial charge < -0.3 is 14.8 Å². The van der Waals surface area contributed by atoms with Gasteiger partial charge >= 0.3 is 0 Å². The molecule has 4 rings (SSSR count). The number of benzene rings is 2. The van der Waals surface area contributed by atoms with Gasteiger partial charge in [0.2, 0.25) is 0 Å². The standard InChI is InChI=1S/C21H20N4O2/c1-14-12-20(24-15-8-10-16(26-2)11-9-15)25-21(23-14)18(13-22-25)17-6-4-5-7-19(17)27-3/h4-13,24H,1-3H3. The van der Waals surface area contributed by atoms with E-state index in [-0.39, 0.29) is 0 Å². The smallest absolute Gasteiger partial charge is 0.165 e. The summed E-state index contributed by atoms with van der Waals surface area (Å²) in [4.78, 5) is 4.70. The monoisotopic (exact) mass is 360 g/mol. The highest BCUT2D eigenvalue weighted by Crippen LogP contribution is 2.33. The highest BCUT2D eigenvalue weighted by Gasteiger charge is 2.15. The number of aromatic nitrogens is 3. The van der Waals surface area contributed by atoms with Crippen LogP contribution in [0.15, 0.2) is 60.8 Å². The zero-order chi connectivity index (χ0) is 18.8. The summed E-state index contributed by atoms with van der Waals surface area (Å²) in [5, 5.41) is 7.96. The Morgan fingerprint density at radius 3 is 2.44 bits per heavy atom. The van der Waals surface area contributed by atoms with Crippen molar-refractivity contribution in [2.24, 2.45) is 0 Å². The predicted octanol–water partition coefficient (Wildman–Crippen LogP) is 4.47. The van der Waals surface area contributed by atoms with E-state index in [1.165, 1.54) is 0 Å². The van der Waals surface area contributed by atoms with Gasteiger partial charge in [-0.05, 0) is 37.3 Å². The van der Waals surface area contributed by atoms with Crippen LogP contribution in [-0.2, 0) is 0 Å². The van der Waals surface area contributed by atoms with E-state index < -0.39 is 0 Å². The number of anilines is 2. The molecule has 2 aromatic carbocycles. The maximum Gasteiger partial charge on any atom is 0.165 e. The van der Waals surface area contributed by atoms with Crippen molar-refractivity contribution in [1.29, 1.82) is 0 Å². The van der Waals surface area contributed by atoms with E-state index in [9.17, 15) is 0 Å². The molecule has 0 radical (unpaired) electrons. The second-order valence-electron chi connectivity index (χ2n) is 6.13. The number of hydrogen-bond donors (Lipinski definition) is 1. The van der Waals surface area contributed by atoms with Gasteiger partial charge in [-0.2, -0.15) is 9.61 Å². The highest BCUT2D eigenvalue weighted by atomic mass is 16.5. The van der Waals surface area contributed by atoms with Gasteiger partial charge in [-0.3, -0.25) is 0 Å². The molecule has 0 spiro atoms. The Morgan fingerprint density at radius 2 is 1.70 bits per heavy atom. The normalized spacial score (nSPS) is 10.8. The number of rotatable bonds is 5. The van der Waals surface area contributed by atoms with E-state index in [4.69, 9.17) is 14.5 Å². The number of fused-ring (bicyclic) bond motifs is 1. The van der Waals surface area contributed by atoms with Crippen molar-refractivity contribution in [3.05, 3.63) is 66.5 Å². The van der Waals surface area contributed by atoms with Gasteiger partial charge in [0, 0.05) is 23.0 Å². The molecule has 2 heterocycles. The Labute approximate surface area is 157 Å². The Morgan fingerprint density at radius 1 is 0.926 bits per heavy atom. The maximum absolute atomic E-state index is 5.50. The highest BCUT2D eigenvalue weighted by molar-refractivity contribution is 5.82. The van der Waals surface area contributed by atoms with E-state index in [1.807, 2.05) is 67.7 Å². The fourth-order valence-electron chi connectivity index (χ4n) is 3.05. The summed E-state index contributed by atoms with van der Waals surface area (Å²) in [6.07, 6.45) is 1.82. The van der Waals surface area contributed by atoms with Gasteiger partial charge in [-0.1, -0.05) is 18.2 Å². The maximum atomic E-state index is 5.50. The summed E-state index contributed by atoms with van der Waals surface area (Å²) in [5.41, 5.74) is 4.50. The minimum atomic E-state index is 0.774. The zero-order valence-corrected chi connectivity index (χ0v) is 15.4. The lowest BCUT2D eigenvalue weighted by Gasteiger charge is -2.11. The topological polar surface area (TPSA) is 60.7 Å². The number of hydrogen-bond acceptors (Lipinski definition) is 5. The quantitative estimate of drug-likeness (QED) is 0.569. The number of methoxy groups -OCH3 is 2. The molecular weight excluding hydrogens is 340 g/mol. The lowest BCUT2D eigenvalue weighted by atomic mass is 10.1. The number of ether oxygens (including phenoxy) is 2. The fourth-order valence-corrected chi connectivity index (χ4v) is 3.05. The van der Waals surface area contributed by atoms with Crippen LogP contribution in [0.5, 0.6) is 11.5 Å². The van der Waals surface area contributed by atoms with Gasteiger partial charge in [0.1, 0.15) is 17.3 Å². The van der Waals surface area contributed by atoms with Crippen LogP contribution in [0.2, 0.25) is 0 Å². The molecule has 0 saturated carbocycles. The largest absolute Gasteiger partial charge is 0.497 e. The Kier molecular flexibility index (Phi) is 4.38. The molecular formula is C21H20N4O2. The first-order valence-corrected chi connectivity index (χ1v) is 8.59. The minimum Gasteiger partial charge on any atom is -0.497 e. The summed E-state index contributed by atoms with van der Waals surface area (Å²) in [5.74, 6) is 2.44. The van der Waals surface area contributed by atoms with Crippen molar-refractivity contribution in [3.8, 4) is 22.6 Å². The third-order valence-electron chi connectivity index (χ3n) is 4.36. The van der Waals surface area contributed by atoms with Crippen molar-refractivity contribution in [2.75, 3.05) is 19.5 Å². The van der Waals surface area contributed by atoms with Gasteiger partial charge in [-0.15, -0.1) is 0 Å². The first-order chi connectivity index (χ1) is 13.2. The molecule has 6 heteroatoms. The lowest BCUT2D eigenvalue weighted by Crippen LogP contribution is -2.02. The van der Waals surface area contributed by atoms with Crippen LogP contribution in [-0.4, -0.2) is 28.8 Å². The first-order valence-electron chi connectivity index (χ1n) is 8.59. The molecule has 1 N–H and O–H groups in total. The molecule has 2 aromatic heterocycles. The van der Waals surface area contributed by atoms with E-state index in [0.29, 0.717) is 0 Å². The van der Waals surface area contributed by atoms with Crippen LogP contribution in [0, 0.1) is 6.92 Å². The summed E-state index contributed by atoms with van der Waals surface area (Å²) in [7, 11) is 3.32. The molecule has 27 heavy (non-hydrogen) atoms. The van der Waals surface area contributed by atoms with Crippen molar-refractivity contribution >= 4 is 17.2 Å². The summed E-state index contributed by atoms with van der Waals surface area (Å²) < 4.78 is 12.5. The molecule has 0 unspecified atom stereocenters. The van der Waals surface area contributed by atoms with Crippen molar-refractivity contribution in [3.63, 3.8) is 0 Å². The summed E-state index contributed by atoms with van der Waals surface area (Å²) in [6.45, 7) is 1.97. The molecule has 0 amide bonds. The van der Waals surface area contributed by atoms with Crippen LogP contribution in [0.3, 0.4) is 0 Å². The van der Waals surface area contributed by atoms with Crippen LogP contribution < -0.4 is 14.8 Å². The molecule has 0 bridgehead atoms. The third kappa shape index (κ3) is 3.17. The number of aryl methyl sites for hydroxylation is 1. The molecule has 0 atom stereocenters. The van der Waals surface area contributed by atoms with Crippen LogP contribution in [0.25, 0.3) is 16.8 Å². The van der Waals surface area contributed by atoms with E-state index in [0.717, 1.165) is 45.5 Å². The fraction of sp³-hybridized carbons (Fsp3) is 0.143. The lowest BCUT2D eigenvalue weighted by molar-refractivity contribution is 0.415. The molecule has 6 nitrogen and oxygen atoms in total. The molecule has 0 aliphatic carbocycles. The predicted molar refractivity (Wildman–Crippen MR) is 106 cm³/mol. The van der Waals surface area contributed by atoms with Crippen molar-refractivity contribution in [2.45, 2.75) is 6.92 Å².